The maximum Gasteiger partial charge on any atom is 0.260 e. The summed E-state index contributed by atoms with van der Waals surface area (Å²) in [6, 6.07) is 9.82. The van der Waals surface area contributed by atoms with Gasteiger partial charge in [0.25, 0.3) is 5.91 Å². The van der Waals surface area contributed by atoms with E-state index in [4.69, 9.17) is 16.5 Å². The molecule has 1 amide bonds. The standard InChI is InChI=1S/C16H14N4OS/c17-11-10-12(8-6-7-8)19-15(9-4-2-1-3-5-9)20-16(10)22-13(11)14(18)21/h1-5,8H,6-7,17H2,(H2,18,21). The molecule has 1 aliphatic rings. The van der Waals surface area contributed by atoms with E-state index in [0.29, 0.717) is 22.3 Å². The van der Waals surface area contributed by atoms with Gasteiger partial charge < -0.3 is 11.5 Å². The van der Waals surface area contributed by atoms with Crippen LogP contribution >= 0.6 is 11.3 Å². The molecule has 0 spiro atoms. The molecule has 0 bridgehead atoms. The summed E-state index contributed by atoms with van der Waals surface area (Å²) in [5.74, 6) is 0.571. The predicted molar refractivity (Wildman–Crippen MR) is 87.8 cm³/mol. The highest BCUT2D eigenvalue weighted by atomic mass is 32.1. The molecule has 22 heavy (non-hydrogen) atoms. The van der Waals surface area contributed by atoms with Gasteiger partial charge in [-0.05, 0) is 12.8 Å². The molecule has 0 aliphatic heterocycles. The second kappa shape index (κ2) is 4.78. The van der Waals surface area contributed by atoms with Gasteiger partial charge in [0, 0.05) is 11.5 Å². The number of fused-ring (bicyclic) bond motifs is 1. The van der Waals surface area contributed by atoms with Crippen LogP contribution in [-0.4, -0.2) is 15.9 Å². The van der Waals surface area contributed by atoms with Crippen molar-refractivity contribution in [1.29, 1.82) is 0 Å². The second-order valence-electron chi connectivity index (χ2n) is 5.46. The first-order valence-corrected chi connectivity index (χ1v) is 7.92. The van der Waals surface area contributed by atoms with Gasteiger partial charge in [-0.1, -0.05) is 30.3 Å². The number of carbonyl (C=O) groups excluding carboxylic acids is 1. The van der Waals surface area contributed by atoms with Crippen LogP contribution in [0.25, 0.3) is 21.6 Å². The van der Waals surface area contributed by atoms with Gasteiger partial charge in [-0.25, -0.2) is 9.97 Å². The Bertz CT molecular complexity index is 884. The number of amides is 1. The lowest BCUT2D eigenvalue weighted by Crippen LogP contribution is -2.10. The summed E-state index contributed by atoms with van der Waals surface area (Å²) in [4.78, 5) is 22.0. The normalized spacial score (nSPS) is 14.4. The molecular formula is C16H14N4OS. The fourth-order valence-corrected chi connectivity index (χ4v) is 3.56. The highest BCUT2D eigenvalue weighted by molar-refractivity contribution is 7.21. The van der Waals surface area contributed by atoms with Crippen molar-refractivity contribution in [2.45, 2.75) is 18.8 Å². The van der Waals surface area contributed by atoms with E-state index in [1.165, 1.54) is 11.3 Å². The molecule has 0 saturated heterocycles. The average Bonchev–Trinajstić information content (AvgIpc) is 3.31. The van der Waals surface area contributed by atoms with Crippen molar-refractivity contribution in [3.05, 3.63) is 40.9 Å². The van der Waals surface area contributed by atoms with Crippen LogP contribution in [0.15, 0.2) is 30.3 Å². The molecule has 4 rings (SSSR count). The smallest absolute Gasteiger partial charge is 0.260 e. The number of nitrogen functional groups attached to an aromatic ring is 1. The molecule has 1 aliphatic carbocycles. The SMILES string of the molecule is NC(=O)c1sc2nc(-c3ccccc3)nc(C3CC3)c2c1N. The number of benzene rings is 1. The first-order chi connectivity index (χ1) is 10.6. The van der Waals surface area contributed by atoms with Crippen LogP contribution in [0.4, 0.5) is 5.69 Å². The van der Waals surface area contributed by atoms with Gasteiger partial charge in [0.15, 0.2) is 5.82 Å². The number of nitrogens with zero attached hydrogens (tertiary/aromatic N) is 2. The number of primary amides is 1. The van der Waals surface area contributed by atoms with E-state index in [-0.39, 0.29) is 0 Å². The van der Waals surface area contributed by atoms with Crippen molar-refractivity contribution in [3.63, 3.8) is 0 Å². The first-order valence-electron chi connectivity index (χ1n) is 7.10. The summed E-state index contributed by atoms with van der Waals surface area (Å²) in [5.41, 5.74) is 13.9. The van der Waals surface area contributed by atoms with Crippen molar-refractivity contribution < 1.29 is 4.79 Å². The minimum atomic E-state index is -0.511. The fraction of sp³-hybridized carbons (Fsp3) is 0.188. The fourth-order valence-electron chi connectivity index (χ4n) is 2.60. The van der Waals surface area contributed by atoms with Gasteiger partial charge in [0.1, 0.15) is 9.71 Å². The van der Waals surface area contributed by atoms with Gasteiger partial charge in [-0.15, -0.1) is 11.3 Å². The van der Waals surface area contributed by atoms with Crippen LogP contribution in [0.5, 0.6) is 0 Å². The summed E-state index contributed by atoms with van der Waals surface area (Å²) in [5, 5.41) is 0.806. The third-order valence-electron chi connectivity index (χ3n) is 3.84. The molecule has 2 aromatic heterocycles. The van der Waals surface area contributed by atoms with E-state index in [1.54, 1.807) is 0 Å². The van der Waals surface area contributed by atoms with Crippen molar-refractivity contribution >= 4 is 33.1 Å². The zero-order valence-corrected chi connectivity index (χ0v) is 12.6. The van der Waals surface area contributed by atoms with Crippen LogP contribution in [0.1, 0.15) is 34.1 Å². The number of hydrogen-bond acceptors (Lipinski definition) is 5. The van der Waals surface area contributed by atoms with Crippen molar-refractivity contribution in [2.75, 3.05) is 5.73 Å². The molecule has 110 valence electrons. The number of rotatable bonds is 3. The lowest BCUT2D eigenvalue weighted by atomic mass is 10.1. The number of nitrogens with two attached hydrogens (primary N) is 2. The van der Waals surface area contributed by atoms with E-state index < -0.39 is 5.91 Å². The molecular weight excluding hydrogens is 296 g/mol. The third-order valence-corrected chi connectivity index (χ3v) is 4.95. The molecule has 4 N–H and O–H groups in total. The second-order valence-corrected chi connectivity index (χ2v) is 6.46. The van der Waals surface area contributed by atoms with Crippen molar-refractivity contribution in [3.8, 4) is 11.4 Å². The molecule has 0 atom stereocenters. The molecule has 1 aromatic carbocycles. The van der Waals surface area contributed by atoms with Crippen LogP contribution in [-0.2, 0) is 0 Å². The van der Waals surface area contributed by atoms with Crippen molar-refractivity contribution in [2.24, 2.45) is 5.73 Å². The van der Waals surface area contributed by atoms with Crippen LogP contribution in [0.2, 0.25) is 0 Å². The van der Waals surface area contributed by atoms with E-state index in [0.717, 1.165) is 34.3 Å². The number of hydrogen-bond donors (Lipinski definition) is 2. The maximum absolute atomic E-state index is 11.5. The van der Waals surface area contributed by atoms with Gasteiger partial charge in [-0.3, -0.25) is 4.79 Å². The maximum atomic E-state index is 11.5. The Morgan fingerprint density at radius 3 is 2.55 bits per heavy atom. The Morgan fingerprint density at radius 2 is 1.91 bits per heavy atom. The minimum absolute atomic E-state index is 0.372. The predicted octanol–water partition coefficient (Wildman–Crippen LogP) is 2.92. The highest BCUT2D eigenvalue weighted by Crippen LogP contribution is 2.46. The lowest BCUT2D eigenvalue weighted by Gasteiger charge is -2.06. The van der Waals surface area contributed by atoms with E-state index >= 15 is 0 Å². The van der Waals surface area contributed by atoms with Crippen LogP contribution in [0.3, 0.4) is 0 Å². The van der Waals surface area contributed by atoms with Gasteiger partial charge >= 0.3 is 0 Å². The Labute approximate surface area is 131 Å². The third kappa shape index (κ3) is 2.03. The lowest BCUT2D eigenvalue weighted by molar-refractivity contribution is 0.100. The largest absolute Gasteiger partial charge is 0.397 e. The Hall–Kier alpha value is -2.47. The molecule has 6 heteroatoms. The summed E-state index contributed by atoms with van der Waals surface area (Å²) in [6.07, 6.45) is 2.20. The molecule has 3 aromatic rings. The van der Waals surface area contributed by atoms with E-state index in [1.807, 2.05) is 30.3 Å². The number of anilines is 1. The van der Waals surface area contributed by atoms with Crippen LogP contribution in [0, 0.1) is 0 Å². The van der Waals surface area contributed by atoms with Gasteiger partial charge in [-0.2, -0.15) is 0 Å². The highest BCUT2D eigenvalue weighted by Gasteiger charge is 2.31. The Kier molecular flexibility index (Phi) is 2.87. The molecule has 0 unspecified atom stereocenters. The number of aromatic nitrogens is 2. The van der Waals surface area contributed by atoms with Crippen LogP contribution < -0.4 is 11.5 Å². The number of carbonyl (C=O) groups is 1. The average molecular weight is 310 g/mol. The molecule has 2 heterocycles. The van der Waals surface area contributed by atoms with Crippen molar-refractivity contribution in [1.82, 2.24) is 9.97 Å². The molecule has 1 saturated carbocycles. The number of thiophene rings is 1. The van der Waals surface area contributed by atoms with E-state index in [9.17, 15) is 4.79 Å². The zero-order chi connectivity index (χ0) is 15.3. The van der Waals surface area contributed by atoms with E-state index in [2.05, 4.69) is 4.98 Å². The molecule has 0 radical (unpaired) electrons. The minimum Gasteiger partial charge on any atom is -0.397 e. The first kappa shape index (κ1) is 13.2. The monoisotopic (exact) mass is 310 g/mol. The summed E-state index contributed by atoms with van der Waals surface area (Å²) >= 11 is 1.25. The summed E-state index contributed by atoms with van der Waals surface area (Å²) < 4.78 is 0. The van der Waals surface area contributed by atoms with Gasteiger partial charge in [0.2, 0.25) is 0 Å². The zero-order valence-electron chi connectivity index (χ0n) is 11.7. The summed E-state index contributed by atoms with van der Waals surface area (Å²) in [6.45, 7) is 0. The Morgan fingerprint density at radius 1 is 1.18 bits per heavy atom. The van der Waals surface area contributed by atoms with Gasteiger partial charge in [0.05, 0.1) is 16.8 Å². The molecule has 5 nitrogen and oxygen atoms in total. The Balaban J connectivity index is 2.00. The molecule has 1 fully saturated rings. The summed E-state index contributed by atoms with van der Waals surface area (Å²) in [7, 11) is 0. The topological polar surface area (TPSA) is 94.9 Å². The quantitative estimate of drug-likeness (QED) is 0.777.